The Balaban J connectivity index is 2.58. The van der Waals surface area contributed by atoms with Crippen molar-refractivity contribution in [1.82, 2.24) is 0 Å². The Kier molecular flexibility index (Phi) is 2.64. The molecule has 2 aromatic rings. The monoisotopic (exact) mass is 218 g/mol. The minimum Gasteiger partial charge on any atom is -0.496 e. The number of hydrogen-bond acceptors (Lipinski definition) is 3. The molecule has 0 aliphatic heterocycles. The van der Waals surface area contributed by atoms with E-state index in [1.54, 1.807) is 25.3 Å². The minimum atomic E-state index is -1.09. The van der Waals surface area contributed by atoms with E-state index in [1.807, 2.05) is 12.1 Å². The SMILES string of the molecule is COc1ccccc1-c1ccoc1C(=O)O. The molecule has 1 aromatic carbocycles. The van der Waals surface area contributed by atoms with Crippen LogP contribution in [0.3, 0.4) is 0 Å². The quantitative estimate of drug-likeness (QED) is 0.860. The van der Waals surface area contributed by atoms with Crippen LogP contribution in [0.1, 0.15) is 10.6 Å². The molecule has 2 rings (SSSR count). The largest absolute Gasteiger partial charge is 0.496 e. The number of furan rings is 1. The highest BCUT2D eigenvalue weighted by Gasteiger charge is 2.17. The van der Waals surface area contributed by atoms with Crippen LogP contribution in [-0.4, -0.2) is 18.2 Å². The van der Waals surface area contributed by atoms with Gasteiger partial charge in [-0.3, -0.25) is 0 Å². The fourth-order valence-electron chi connectivity index (χ4n) is 1.55. The molecule has 0 amide bonds. The van der Waals surface area contributed by atoms with Crippen molar-refractivity contribution >= 4 is 5.97 Å². The van der Waals surface area contributed by atoms with Crippen LogP contribution in [0.25, 0.3) is 11.1 Å². The summed E-state index contributed by atoms with van der Waals surface area (Å²) in [5, 5.41) is 8.94. The summed E-state index contributed by atoms with van der Waals surface area (Å²) in [5.74, 6) is -0.554. The number of carbonyl (C=O) groups is 1. The zero-order valence-electron chi connectivity index (χ0n) is 8.64. The van der Waals surface area contributed by atoms with Crippen molar-refractivity contribution in [1.29, 1.82) is 0 Å². The average molecular weight is 218 g/mol. The summed E-state index contributed by atoms with van der Waals surface area (Å²) in [6.07, 6.45) is 1.35. The Morgan fingerprint density at radius 3 is 2.69 bits per heavy atom. The molecule has 0 aliphatic carbocycles. The molecule has 0 atom stereocenters. The third kappa shape index (κ3) is 1.65. The number of para-hydroxylation sites is 1. The number of benzene rings is 1. The Labute approximate surface area is 92.1 Å². The van der Waals surface area contributed by atoms with Crippen LogP contribution in [0.2, 0.25) is 0 Å². The van der Waals surface area contributed by atoms with Gasteiger partial charge in [0.2, 0.25) is 5.76 Å². The van der Waals surface area contributed by atoms with E-state index in [-0.39, 0.29) is 5.76 Å². The van der Waals surface area contributed by atoms with Gasteiger partial charge in [-0.05, 0) is 12.1 Å². The molecule has 0 saturated carbocycles. The lowest BCUT2D eigenvalue weighted by Gasteiger charge is -2.06. The normalized spacial score (nSPS) is 10.1. The second-order valence-corrected chi connectivity index (χ2v) is 3.17. The maximum Gasteiger partial charge on any atom is 0.372 e. The predicted molar refractivity (Wildman–Crippen MR) is 57.7 cm³/mol. The molecular weight excluding hydrogens is 208 g/mol. The second kappa shape index (κ2) is 4.10. The van der Waals surface area contributed by atoms with Gasteiger partial charge in [-0.2, -0.15) is 0 Å². The molecule has 0 unspecified atom stereocenters. The maximum atomic E-state index is 10.9. The van der Waals surface area contributed by atoms with Gasteiger partial charge in [0.15, 0.2) is 0 Å². The van der Waals surface area contributed by atoms with Crippen molar-refractivity contribution in [2.24, 2.45) is 0 Å². The highest BCUT2D eigenvalue weighted by atomic mass is 16.5. The van der Waals surface area contributed by atoms with Crippen molar-refractivity contribution in [3.8, 4) is 16.9 Å². The highest BCUT2D eigenvalue weighted by molar-refractivity contribution is 5.94. The van der Waals surface area contributed by atoms with E-state index in [4.69, 9.17) is 14.3 Å². The molecule has 0 bridgehead atoms. The lowest BCUT2D eigenvalue weighted by Crippen LogP contribution is -1.97. The van der Waals surface area contributed by atoms with Gasteiger partial charge in [-0.25, -0.2) is 4.79 Å². The molecule has 1 aromatic heterocycles. The van der Waals surface area contributed by atoms with Crippen molar-refractivity contribution < 1.29 is 19.1 Å². The van der Waals surface area contributed by atoms with Crippen LogP contribution in [-0.2, 0) is 0 Å². The van der Waals surface area contributed by atoms with Crippen LogP contribution in [0.5, 0.6) is 5.75 Å². The third-order valence-corrected chi connectivity index (χ3v) is 2.26. The predicted octanol–water partition coefficient (Wildman–Crippen LogP) is 2.65. The van der Waals surface area contributed by atoms with E-state index in [1.165, 1.54) is 6.26 Å². The molecule has 4 nitrogen and oxygen atoms in total. The van der Waals surface area contributed by atoms with Crippen LogP contribution in [0.4, 0.5) is 0 Å². The number of carboxylic acid groups (broad SMARTS) is 1. The fourth-order valence-corrected chi connectivity index (χ4v) is 1.55. The second-order valence-electron chi connectivity index (χ2n) is 3.17. The van der Waals surface area contributed by atoms with Crippen molar-refractivity contribution in [3.63, 3.8) is 0 Å². The standard InChI is InChI=1S/C12H10O4/c1-15-10-5-3-2-4-8(10)9-6-7-16-11(9)12(13)14/h2-7H,1H3,(H,13,14). The Morgan fingerprint density at radius 2 is 2.00 bits per heavy atom. The van der Waals surface area contributed by atoms with Crippen LogP contribution in [0, 0.1) is 0 Å². The number of hydrogen-bond donors (Lipinski definition) is 1. The van der Waals surface area contributed by atoms with Gasteiger partial charge in [0.1, 0.15) is 5.75 Å². The number of aromatic carboxylic acids is 1. The summed E-state index contributed by atoms with van der Waals surface area (Å²) in [5.41, 5.74) is 1.22. The van der Waals surface area contributed by atoms with Gasteiger partial charge >= 0.3 is 5.97 Å². The van der Waals surface area contributed by atoms with Gasteiger partial charge in [0.25, 0.3) is 0 Å². The van der Waals surface area contributed by atoms with Crippen LogP contribution in [0.15, 0.2) is 41.0 Å². The van der Waals surface area contributed by atoms with Crippen molar-refractivity contribution in [2.75, 3.05) is 7.11 Å². The van der Waals surface area contributed by atoms with E-state index in [2.05, 4.69) is 0 Å². The highest BCUT2D eigenvalue weighted by Crippen LogP contribution is 2.32. The zero-order valence-corrected chi connectivity index (χ0v) is 8.64. The van der Waals surface area contributed by atoms with E-state index in [0.717, 1.165) is 0 Å². The Hall–Kier alpha value is -2.23. The first kappa shape index (κ1) is 10.3. The molecule has 0 fully saturated rings. The first-order valence-corrected chi connectivity index (χ1v) is 4.68. The first-order chi connectivity index (χ1) is 7.74. The molecule has 1 heterocycles. The summed E-state index contributed by atoms with van der Waals surface area (Å²) in [6, 6.07) is 8.81. The average Bonchev–Trinajstić information content (AvgIpc) is 2.77. The molecule has 0 spiro atoms. The summed E-state index contributed by atoms with van der Waals surface area (Å²) in [7, 11) is 1.54. The topological polar surface area (TPSA) is 59.7 Å². The van der Waals surface area contributed by atoms with E-state index in [9.17, 15) is 4.79 Å². The third-order valence-electron chi connectivity index (χ3n) is 2.26. The summed E-state index contributed by atoms with van der Waals surface area (Å²) >= 11 is 0. The molecule has 0 saturated heterocycles. The number of methoxy groups -OCH3 is 1. The van der Waals surface area contributed by atoms with Gasteiger partial charge in [-0.15, -0.1) is 0 Å². The molecular formula is C12H10O4. The van der Waals surface area contributed by atoms with Gasteiger partial charge in [0.05, 0.1) is 13.4 Å². The van der Waals surface area contributed by atoms with Gasteiger partial charge in [0, 0.05) is 11.1 Å². The first-order valence-electron chi connectivity index (χ1n) is 4.68. The molecule has 1 N–H and O–H groups in total. The summed E-state index contributed by atoms with van der Waals surface area (Å²) in [6.45, 7) is 0. The number of carboxylic acids is 1. The Morgan fingerprint density at radius 1 is 1.25 bits per heavy atom. The van der Waals surface area contributed by atoms with E-state index in [0.29, 0.717) is 16.9 Å². The van der Waals surface area contributed by atoms with Crippen LogP contribution < -0.4 is 4.74 Å². The molecule has 0 radical (unpaired) electrons. The number of ether oxygens (including phenoxy) is 1. The van der Waals surface area contributed by atoms with Gasteiger partial charge in [-0.1, -0.05) is 18.2 Å². The smallest absolute Gasteiger partial charge is 0.372 e. The van der Waals surface area contributed by atoms with E-state index < -0.39 is 5.97 Å². The fraction of sp³-hybridized carbons (Fsp3) is 0.0833. The lowest BCUT2D eigenvalue weighted by molar-refractivity contribution is 0.0663. The van der Waals surface area contributed by atoms with Gasteiger partial charge < -0.3 is 14.3 Å². The molecule has 82 valence electrons. The Bertz CT molecular complexity index is 513. The van der Waals surface area contributed by atoms with Crippen molar-refractivity contribution in [2.45, 2.75) is 0 Å². The lowest BCUT2D eigenvalue weighted by atomic mass is 10.1. The minimum absolute atomic E-state index is 0.0792. The molecule has 16 heavy (non-hydrogen) atoms. The molecule has 4 heteroatoms. The van der Waals surface area contributed by atoms with Crippen LogP contribution >= 0.6 is 0 Å². The number of rotatable bonds is 3. The van der Waals surface area contributed by atoms with Crippen molar-refractivity contribution in [3.05, 3.63) is 42.4 Å². The maximum absolute atomic E-state index is 10.9. The molecule has 0 aliphatic rings. The summed E-state index contributed by atoms with van der Waals surface area (Å²) < 4.78 is 10.1. The summed E-state index contributed by atoms with van der Waals surface area (Å²) in [4.78, 5) is 10.9. The van der Waals surface area contributed by atoms with E-state index >= 15 is 0 Å². The zero-order chi connectivity index (χ0) is 11.5.